The van der Waals surface area contributed by atoms with E-state index in [-0.39, 0.29) is 5.56 Å². The number of benzene rings is 1. The van der Waals surface area contributed by atoms with Gasteiger partial charge in [0.05, 0.1) is 0 Å². The van der Waals surface area contributed by atoms with Crippen molar-refractivity contribution < 1.29 is 23.1 Å². The van der Waals surface area contributed by atoms with Gasteiger partial charge < -0.3 is 5.11 Å². The van der Waals surface area contributed by atoms with Crippen LogP contribution in [0, 0.1) is 5.92 Å². The summed E-state index contributed by atoms with van der Waals surface area (Å²) in [4.78, 5) is 10.5. The Morgan fingerprint density at radius 3 is 2.19 bits per heavy atom. The third-order valence-corrected chi connectivity index (χ3v) is 2.30. The van der Waals surface area contributed by atoms with Gasteiger partial charge in [-0.25, -0.2) is 0 Å². The van der Waals surface area contributed by atoms with Crippen LogP contribution in [0.2, 0.25) is 5.02 Å². The highest BCUT2D eigenvalue weighted by Gasteiger charge is 2.44. The van der Waals surface area contributed by atoms with Crippen LogP contribution in [0.1, 0.15) is 5.56 Å². The third kappa shape index (κ3) is 3.41. The van der Waals surface area contributed by atoms with Crippen molar-refractivity contribution in [1.29, 1.82) is 0 Å². The maximum Gasteiger partial charge on any atom is 0.402 e. The molecule has 0 aliphatic rings. The highest BCUT2D eigenvalue weighted by atomic mass is 35.5. The molecule has 0 radical (unpaired) electrons. The summed E-state index contributed by atoms with van der Waals surface area (Å²) >= 11 is 5.56. The lowest BCUT2D eigenvalue weighted by molar-refractivity contribution is -0.193. The van der Waals surface area contributed by atoms with E-state index >= 15 is 0 Å². The zero-order chi connectivity index (χ0) is 12.3. The number of carbonyl (C=O) groups is 1. The highest BCUT2D eigenvalue weighted by Crippen LogP contribution is 2.29. The Morgan fingerprint density at radius 1 is 1.31 bits per heavy atom. The maximum atomic E-state index is 12.3. The van der Waals surface area contributed by atoms with Crippen LogP contribution in [0.25, 0.3) is 0 Å². The summed E-state index contributed by atoms with van der Waals surface area (Å²) in [6, 6.07) is 5.60. The Kier molecular flexibility index (Phi) is 3.80. The molecule has 16 heavy (non-hydrogen) atoms. The molecule has 0 heterocycles. The lowest BCUT2D eigenvalue weighted by Crippen LogP contribution is -2.32. The Bertz CT molecular complexity index is 373. The first kappa shape index (κ1) is 12.8. The van der Waals surface area contributed by atoms with Gasteiger partial charge in [0.15, 0.2) is 5.92 Å². The van der Waals surface area contributed by atoms with Gasteiger partial charge in [0.25, 0.3) is 0 Å². The van der Waals surface area contributed by atoms with Crippen LogP contribution in [0.3, 0.4) is 0 Å². The summed E-state index contributed by atoms with van der Waals surface area (Å²) in [6.45, 7) is 0. The van der Waals surface area contributed by atoms with Crippen molar-refractivity contribution >= 4 is 17.6 Å². The number of carboxylic acids is 1. The van der Waals surface area contributed by atoms with E-state index in [1.807, 2.05) is 0 Å². The van der Waals surface area contributed by atoms with Gasteiger partial charge >= 0.3 is 12.1 Å². The first-order valence-electron chi connectivity index (χ1n) is 4.34. The minimum absolute atomic E-state index is 0.286. The summed E-state index contributed by atoms with van der Waals surface area (Å²) < 4.78 is 37.0. The summed E-state index contributed by atoms with van der Waals surface area (Å²) in [5, 5.41) is 8.87. The Hall–Kier alpha value is -1.23. The lowest BCUT2D eigenvalue weighted by Gasteiger charge is -2.15. The number of carboxylic acid groups (broad SMARTS) is 1. The topological polar surface area (TPSA) is 37.3 Å². The van der Waals surface area contributed by atoms with E-state index in [9.17, 15) is 18.0 Å². The molecule has 0 spiro atoms. The minimum atomic E-state index is -4.74. The van der Waals surface area contributed by atoms with Crippen LogP contribution < -0.4 is 0 Å². The van der Waals surface area contributed by atoms with Crippen LogP contribution in [0.5, 0.6) is 0 Å². The summed E-state index contributed by atoms with van der Waals surface area (Å²) in [6.07, 6.45) is -5.33. The smallest absolute Gasteiger partial charge is 0.402 e. The summed E-state index contributed by atoms with van der Waals surface area (Å²) in [5.74, 6) is -4.25. The SMILES string of the molecule is O=C(O)[C@@H](Cc1ccc(Cl)cc1)C(F)(F)F. The second-order valence-corrected chi connectivity index (χ2v) is 3.70. The number of alkyl halides is 3. The summed E-state index contributed by atoms with van der Waals surface area (Å²) in [7, 11) is 0. The molecule has 0 saturated carbocycles. The average Bonchev–Trinajstić information content (AvgIpc) is 2.14. The quantitative estimate of drug-likeness (QED) is 0.897. The van der Waals surface area contributed by atoms with Crippen molar-refractivity contribution in [2.45, 2.75) is 12.6 Å². The van der Waals surface area contributed by atoms with Crippen molar-refractivity contribution in [2.75, 3.05) is 0 Å². The van der Waals surface area contributed by atoms with Crippen molar-refractivity contribution in [3.05, 3.63) is 34.9 Å². The molecule has 0 fully saturated rings. The van der Waals surface area contributed by atoms with E-state index in [1.54, 1.807) is 0 Å². The molecule has 1 atom stereocenters. The second kappa shape index (κ2) is 4.74. The molecule has 0 aliphatic heterocycles. The van der Waals surface area contributed by atoms with Crippen molar-refractivity contribution in [3.8, 4) is 0 Å². The van der Waals surface area contributed by atoms with Crippen LogP contribution in [-0.4, -0.2) is 17.3 Å². The van der Waals surface area contributed by atoms with E-state index in [0.717, 1.165) is 0 Å². The average molecular weight is 253 g/mol. The van der Waals surface area contributed by atoms with Crippen LogP contribution >= 0.6 is 11.6 Å². The van der Waals surface area contributed by atoms with Crippen LogP contribution in [-0.2, 0) is 11.2 Å². The number of rotatable bonds is 3. The van der Waals surface area contributed by atoms with E-state index in [1.165, 1.54) is 24.3 Å². The number of hydrogen-bond donors (Lipinski definition) is 1. The monoisotopic (exact) mass is 252 g/mol. The molecule has 1 rings (SSSR count). The van der Waals surface area contributed by atoms with E-state index in [2.05, 4.69) is 0 Å². The zero-order valence-corrected chi connectivity index (χ0v) is 8.72. The Balaban J connectivity index is 2.84. The van der Waals surface area contributed by atoms with E-state index in [4.69, 9.17) is 16.7 Å². The largest absolute Gasteiger partial charge is 0.481 e. The Labute approximate surface area is 94.6 Å². The molecule has 0 saturated heterocycles. The normalized spacial score (nSPS) is 13.5. The molecule has 1 aromatic rings. The van der Waals surface area contributed by atoms with Gasteiger partial charge in [0, 0.05) is 5.02 Å². The molecule has 0 aromatic heterocycles. The number of hydrogen-bond acceptors (Lipinski definition) is 1. The van der Waals surface area contributed by atoms with E-state index < -0.39 is 24.5 Å². The second-order valence-electron chi connectivity index (χ2n) is 3.26. The van der Waals surface area contributed by atoms with Gasteiger partial charge in [-0.2, -0.15) is 13.2 Å². The van der Waals surface area contributed by atoms with Gasteiger partial charge in [-0.05, 0) is 24.1 Å². The molecule has 0 amide bonds. The highest BCUT2D eigenvalue weighted by molar-refractivity contribution is 6.30. The first-order chi connectivity index (χ1) is 7.30. The van der Waals surface area contributed by atoms with Crippen LogP contribution in [0.4, 0.5) is 13.2 Å². The molecule has 0 aliphatic carbocycles. The van der Waals surface area contributed by atoms with Gasteiger partial charge in [0.2, 0.25) is 0 Å². The molecule has 6 heteroatoms. The Morgan fingerprint density at radius 2 is 1.81 bits per heavy atom. The molecule has 1 aromatic carbocycles. The maximum absolute atomic E-state index is 12.3. The van der Waals surface area contributed by atoms with Crippen molar-refractivity contribution in [3.63, 3.8) is 0 Å². The lowest BCUT2D eigenvalue weighted by atomic mass is 9.99. The molecule has 2 nitrogen and oxygen atoms in total. The predicted octanol–water partition coefficient (Wildman–Crippen LogP) is 3.15. The van der Waals surface area contributed by atoms with Crippen molar-refractivity contribution in [1.82, 2.24) is 0 Å². The zero-order valence-electron chi connectivity index (χ0n) is 7.96. The molecule has 88 valence electrons. The number of halogens is 4. The van der Waals surface area contributed by atoms with Gasteiger partial charge in [-0.3, -0.25) is 4.79 Å². The fourth-order valence-electron chi connectivity index (χ4n) is 1.20. The van der Waals surface area contributed by atoms with Crippen molar-refractivity contribution in [2.24, 2.45) is 5.92 Å². The van der Waals surface area contributed by atoms with Gasteiger partial charge in [0.1, 0.15) is 0 Å². The summed E-state index contributed by atoms with van der Waals surface area (Å²) in [5.41, 5.74) is 0.286. The molecular formula is C10H8ClF3O2. The van der Waals surface area contributed by atoms with Gasteiger partial charge in [-0.15, -0.1) is 0 Å². The third-order valence-electron chi connectivity index (χ3n) is 2.05. The predicted molar refractivity (Wildman–Crippen MR) is 52.3 cm³/mol. The van der Waals surface area contributed by atoms with Crippen LogP contribution in [0.15, 0.2) is 24.3 Å². The number of aliphatic carboxylic acids is 1. The first-order valence-corrected chi connectivity index (χ1v) is 4.72. The fourth-order valence-corrected chi connectivity index (χ4v) is 1.33. The van der Waals surface area contributed by atoms with E-state index in [0.29, 0.717) is 5.02 Å². The molecule has 1 N–H and O–H groups in total. The molecule has 0 unspecified atom stereocenters. The molecular weight excluding hydrogens is 245 g/mol. The standard InChI is InChI=1S/C10H8ClF3O2/c11-7-3-1-6(2-4-7)5-8(9(15)16)10(12,13)14/h1-4,8H,5H2,(H,15,16)/t8-/m1/s1. The molecule has 0 bridgehead atoms. The fraction of sp³-hybridized carbons (Fsp3) is 0.300. The minimum Gasteiger partial charge on any atom is -0.481 e. The van der Waals surface area contributed by atoms with Gasteiger partial charge in [-0.1, -0.05) is 23.7 Å².